The van der Waals surface area contributed by atoms with E-state index in [0.29, 0.717) is 24.1 Å². The Balaban J connectivity index is 1.72. The monoisotopic (exact) mass is 359 g/mol. The third-order valence-electron chi connectivity index (χ3n) is 4.24. The van der Waals surface area contributed by atoms with Crippen molar-refractivity contribution in [2.24, 2.45) is 0 Å². The number of halogens is 2. The van der Waals surface area contributed by atoms with E-state index < -0.39 is 12.2 Å². The number of hydrogen-bond acceptors (Lipinski definition) is 6. The molecule has 1 aromatic carbocycles. The van der Waals surface area contributed by atoms with Gasteiger partial charge in [0, 0.05) is 17.6 Å². The van der Waals surface area contributed by atoms with Gasteiger partial charge in [-0.05, 0) is 18.2 Å². The van der Waals surface area contributed by atoms with Crippen LogP contribution in [0.3, 0.4) is 0 Å². The molecular weight excluding hydrogens is 344 g/mol. The summed E-state index contributed by atoms with van der Waals surface area (Å²) in [5.41, 5.74) is 0.168. The number of nitrogens with zero attached hydrogens (tertiary/aromatic N) is 4. The Hall–Kier alpha value is -2.94. The smallest absolute Gasteiger partial charge is 0.297 e. The lowest BCUT2D eigenvalue weighted by molar-refractivity contribution is 0.141. The molecule has 4 rings (SSSR count). The van der Waals surface area contributed by atoms with Crippen molar-refractivity contribution >= 4 is 16.7 Å². The summed E-state index contributed by atoms with van der Waals surface area (Å²) in [7, 11) is 0. The molecule has 0 amide bonds. The normalized spacial score (nSPS) is 20.0. The first kappa shape index (κ1) is 16.5. The van der Waals surface area contributed by atoms with Crippen molar-refractivity contribution in [1.82, 2.24) is 19.7 Å². The molecule has 2 aromatic heterocycles. The molecule has 1 aliphatic rings. The Morgan fingerprint density at radius 3 is 2.81 bits per heavy atom. The lowest BCUT2D eigenvalue weighted by Crippen LogP contribution is -2.37. The van der Waals surface area contributed by atoms with Crippen molar-refractivity contribution in [2.45, 2.75) is 18.5 Å². The highest BCUT2D eigenvalue weighted by atomic mass is 19.3. The molecule has 1 aliphatic heterocycles. The quantitative estimate of drug-likeness (QED) is 0.769. The number of benzene rings is 1. The molecule has 134 valence electrons. The van der Waals surface area contributed by atoms with Gasteiger partial charge in [0.2, 0.25) is 0 Å². The summed E-state index contributed by atoms with van der Waals surface area (Å²) in [5, 5.41) is 7.86. The molecule has 9 heteroatoms. The zero-order valence-corrected chi connectivity index (χ0v) is 13.5. The van der Waals surface area contributed by atoms with Crippen LogP contribution in [0.2, 0.25) is 0 Å². The van der Waals surface area contributed by atoms with Crippen molar-refractivity contribution in [3.05, 3.63) is 58.8 Å². The average molecular weight is 359 g/mol. The fourth-order valence-corrected chi connectivity index (χ4v) is 3.02. The molecule has 0 spiro atoms. The van der Waals surface area contributed by atoms with E-state index in [1.54, 1.807) is 30.3 Å². The van der Waals surface area contributed by atoms with Gasteiger partial charge < -0.3 is 10.1 Å². The highest BCUT2D eigenvalue weighted by Crippen LogP contribution is 2.27. The number of ether oxygens (including phenoxy) is 1. The number of hydrogen-bond donors (Lipinski definition) is 1. The van der Waals surface area contributed by atoms with E-state index >= 15 is 0 Å². The summed E-state index contributed by atoms with van der Waals surface area (Å²) in [6.45, 7) is 0.593. The van der Waals surface area contributed by atoms with Crippen LogP contribution < -0.4 is 10.9 Å². The highest BCUT2D eigenvalue weighted by Gasteiger charge is 2.32. The van der Waals surface area contributed by atoms with Crippen LogP contribution in [0.25, 0.3) is 10.9 Å². The minimum Gasteiger partial charge on any atom is -0.377 e. The van der Waals surface area contributed by atoms with Gasteiger partial charge in [0.05, 0.1) is 24.8 Å². The maximum Gasteiger partial charge on any atom is 0.297 e. The summed E-state index contributed by atoms with van der Waals surface area (Å²) in [5.74, 6) is -0.257. The SMILES string of the molecule is O=c1cccnn1C1COCC1Nc1nc(C(F)F)nc2ccccc12. The number of alkyl halides is 2. The zero-order chi connectivity index (χ0) is 18.1. The van der Waals surface area contributed by atoms with Crippen LogP contribution in [0.1, 0.15) is 18.3 Å². The Morgan fingerprint density at radius 2 is 2.00 bits per heavy atom. The first-order valence-corrected chi connectivity index (χ1v) is 8.06. The number of anilines is 1. The molecule has 3 aromatic rings. The maximum absolute atomic E-state index is 13.2. The van der Waals surface area contributed by atoms with E-state index in [1.807, 2.05) is 0 Å². The summed E-state index contributed by atoms with van der Waals surface area (Å²) < 4.78 is 33.1. The van der Waals surface area contributed by atoms with Crippen LogP contribution in [0, 0.1) is 0 Å². The maximum atomic E-state index is 13.2. The molecule has 3 heterocycles. The van der Waals surface area contributed by atoms with Crippen LogP contribution in [-0.4, -0.2) is 39.0 Å². The summed E-state index contributed by atoms with van der Waals surface area (Å²) >= 11 is 0. The first-order chi connectivity index (χ1) is 12.6. The van der Waals surface area contributed by atoms with Gasteiger partial charge >= 0.3 is 0 Å². The molecule has 2 unspecified atom stereocenters. The van der Waals surface area contributed by atoms with Crippen molar-refractivity contribution in [3.63, 3.8) is 0 Å². The first-order valence-electron chi connectivity index (χ1n) is 8.06. The van der Waals surface area contributed by atoms with Crippen LogP contribution in [0.4, 0.5) is 14.6 Å². The van der Waals surface area contributed by atoms with Crippen molar-refractivity contribution < 1.29 is 13.5 Å². The summed E-state index contributed by atoms with van der Waals surface area (Å²) in [4.78, 5) is 19.9. The number of rotatable bonds is 4. The molecule has 0 bridgehead atoms. The van der Waals surface area contributed by atoms with Crippen molar-refractivity contribution in [3.8, 4) is 0 Å². The molecule has 7 nitrogen and oxygen atoms in total. The summed E-state index contributed by atoms with van der Waals surface area (Å²) in [6.07, 6.45) is -1.26. The molecule has 26 heavy (non-hydrogen) atoms. The van der Waals surface area contributed by atoms with Gasteiger partial charge in [-0.25, -0.2) is 23.4 Å². The van der Waals surface area contributed by atoms with Crippen molar-refractivity contribution in [2.75, 3.05) is 18.5 Å². The second-order valence-electron chi connectivity index (χ2n) is 5.91. The second kappa shape index (κ2) is 6.75. The third kappa shape index (κ3) is 3.01. The van der Waals surface area contributed by atoms with Gasteiger partial charge in [-0.2, -0.15) is 5.10 Å². The summed E-state index contributed by atoms with van der Waals surface area (Å²) in [6, 6.07) is 9.18. The van der Waals surface area contributed by atoms with E-state index in [-0.39, 0.29) is 23.5 Å². The fourth-order valence-electron chi connectivity index (χ4n) is 3.02. The predicted molar refractivity (Wildman–Crippen MR) is 90.3 cm³/mol. The minimum atomic E-state index is -2.78. The van der Waals surface area contributed by atoms with Gasteiger partial charge in [-0.3, -0.25) is 4.79 Å². The van der Waals surface area contributed by atoms with Crippen LogP contribution >= 0.6 is 0 Å². The molecule has 1 saturated heterocycles. The van der Waals surface area contributed by atoms with E-state index in [4.69, 9.17) is 4.74 Å². The molecule has 1 N–H and O–H groups in total. The number of fused-ring (bicyclic) bond motifs is 1. The Kier molecular flexibility index (Phi) is 4.29. The van der Waals surface area contributed by atoms with Gasteiger partial charge in [-0.15, -0.1) is 0 Å². The zero-order valence-electron chi connectivity index (χ0n) is 13.5. The van der Waals surface area contributed by atoms with E-state index in [9.17, 15) is 13.6 Å². The Labute approximate surface area is 146 Å². The van der Waals surface area contributed by atoms with E-state index in [0.717, 1.165) is 0 Å². The Bertz CT molecular complexity index is 994. The van der Waals surface area contributed by atoms with Crippen LogP contribution in [0.5, 0.6) is 0 Å². The predicted octanol–water partition coefficient (Wildman–Crippen LogP) is 2.18. The third-order valence-corrected chi connectivity index (χ3v) is 4.24. The van der Waals surface area contributed by atoms with E-state index in [1.165, 1.54) is 16.9 Å². The van der Waals surface area contributed by atoms with Crippen LogP contribution in [0.15, 0.2) is 47.4 Å². The second-order valence-corrected chi connectivity index (χ2v) is 5.91. The van der Waals surface area contributed by atoms with Gasteiger partial charge in [0.15, 0.2) is 5.82 Å². The number of para-hydroxylation sites is 1. The topological polar surface area (TPSA) is 81.9 Å². The highest BCUT2D eigenvalue weighted by molar-refractivity contribution is 5.89. The largest absolute Gasteiger partial charge is 0.377 e. The molecule has 2 atom stereocenters. The molecule has 0 aliphatic carbocycles. The number of aromatic nitrogens is 4. The van der Waals surface area contributed by atoms with Gasteiger partial charge in [0.1, 0.15) is 11.9 Å². The fraction of sp³-hybridized carbons (Fsp3) is 0.294. The van der Waals surface area contributed by atoms with Crippen LogP contribution in [-0.2, 0) is 4.74 Å². The molecule has 0 radical (unpaired) electrons. The van der Waals surface area contributed by atoms with Crippen molar-refractivity contribution in [1.29, 1.82) is 0 Å². The Morgan fingerprint density at radius 1 is 1.15 bits per heavy atom. The lowest BCUT2D eigenvalue weighted by Gasteiger charge is -2.21. The molecule has 1 fully saturated rings. The molecular formula is C17H15F2N5O2. The van der Waals surface area contributed by atoms with E-state index in [2.05, 4.69) is 20.4 Å². The lowest BCUT2D eigenvalue weighted by atomic mass is 10.1. The number of nitrogens with one attached hydrogen (secondary N) is 1. The standard InChI is InChI=1S/C17H15F2N5O2/c18-15(19)17-21-11-5-2-1-4-10(11)16(23-17)22-12-8-26-9-13(12)24-14(25)6-3-7-20-24/h1-7,12-13,15H,8-9H2,(H,21,22,23). The average Bonchev–Trinajstić information content (AvgIpc) is 3.10. The minimum absolute atomic E-state index is 0.254. The molecule has 0 saturated carbocycles. The van der Waals surface area contributed by atoms with Gasteiger partial charge in [-0.1, -0.05) is 12.1 Å². The van der Waals surface area contributed by atoms with Gasteiger partial charge in [0.25, 0.3) is 12.0 Å².